The topological polar surface area (TPSA) is 51.2 Å². The van der Waals surface area contributed by atoms with Gasteiger partial charge in [0, 0.05) is 23.6 Å². The number of anilines is 1. The van der Waals surface area contributed by atoms with Gasteiger partial charge >= 0.3 is 5.97 Å². The van der Waals surface area contributed by atoms with Crippen LogP contribution in [-0.2, 0) is 16.0 Å². The summed E-state index contributed by atoms with van der Waals surface area (Å²) < 4.78 is 4.89. The van der Waals surface area contributed by atoms with Gasteiger partial charge in [-0.25, -0.2) is 4.98 Å². The predicted molar refractivity (Wildman–Crippen MR) is 78.5 cm³/mol. The molecule has 0 radical (unpaired) electrons. The summed E-state index contributed by atoms with van der Waals surface area (Å²) in [5.41, 5.74) is 0.951. The zero-order chi connectivity index (χ0) is 13.4. The molecule has 0 fully saturated rings. The maximum Gasteiger partial charge on any atom is 0.306 e. The number of rotatable bonds is 8. The van der Waals surface area contributed by atoms with E-state index in [0.29, 0.717) is 25.5 Å². The second-order valence-electron chi connectivity index (χ2n) is 3.95. The van der Waals surface area contributed by atoms with Crippen molar-refractivity contribution in [2.45, 2.75) is 32.7 Å². The second-order valence-corrected chi connectivity index (χ2v) is 5.72. The molecule has 18 heavy (non-hydrogen) atoms. The maximum atomic E-state index is 11.2. The third-order valence-electron chi connectivity index (χ3n) is 2.23. The van der Waals surface area contributed by atoms with Gasteiger partial charge < -0.3 is 10.1 Å². The summed E-state index contributed by atoms with van der Waals surface area (Å²) in [6.45, 7) is 4.39. The van der Waals surface area contributed by atoms with E-state index in [1.165, 1.54) is 0 Å². The lowest BCUT2D eigenvalue weighted by molar-refractivity contribution is -0.143. The summed E-state index contributed by atoms with van der Waals surface area (Å²) in [4.78, 5) is 15.7. The Balaban J connectivity index is 2.36. The summed E-state index contributed by atoms with van der Waals surface area (Å²) in [6.07, 6.45) is 3.14. The molecule has 1 rings (SSSR count). The molecule has 0 aromatic carbocycles. The molecule has 0 aliphatic heterocycles. The predicted octanol–water partition coefficient (Wildman–Crippen LogP) is 2.80. The molecule has 1 atom stereocenters. The average Bonchev–Trinajstić information content (AvgIpc) is 2.75. The Hall–Kier alpha value is -0.750. The number of esters is 1. The minimum Gasteiger partial charge on any atom is -0.466 e. The molecule has 1 heterocycles. The van der Waals surface area contributed by atoms with Crippen LogP contribution in [-0.4, -0.2) is 35.6 Å². The summed E-state index contributed by atoms with van der Waals surface area (Å²) in [7, 11) is 0. The number of carbonyl (C=O) groups is 1. The molecule has 102 valence electrons. The van der Waals surface area contributed by atoms with Crippen molar-refractivity contribution in [2.75, 3.05) is 23.9 Å². The number of carbonyl (C=O) groups excluding carboxylic acids is 1. The van der Waals surface area contributed by atoms with E-state index in [4.69, 9.17) is 4.74 Å². The Morgan fingerprint density at radius 2 is 2.44 bits per heavy atom. The van der Waals surface area contributed by atoms with Crippen LogP contribution in [0.2, 0.25) is 0 Å². The van der Waals surface area contributed by atoms with Crippen molar-refractivity contribution in [3.05, 3.63) is 11.1 Å². The van der Waals surface area contributed by atoms with Crippen LogP contribution in [0.3, 0.4) is 0 Å². The van der Waals surface area contributed by atoms with Crippen molar-refractivity contribution in [1.29, 1.82) is 0 Å². The van der Waals surface area contributed by atoms with Gasteiger partial charge in [0.1, 0.15) is 0 Å². The van der Waals surface area contributed by atoms with Crippen molar-refractivity contribution < 1.29 is 9.53 Å². The van der Waals surface area contributed by atoms with Crippen LogP contribution in [0.15, 0.2) is 5.38 Å². The first-order chi connectivity index (χ1) is 8.65. The first kappa shape index (κ1) is 15.3. The van der Waals surface area contributed by atoms with Gasteiger partial charge in [0.15, 0.2) is 5.13 Å². The Morgan fingerprint density at radius 1 is 1.67 bits per heavy atom. The van der Waals surface area contributed by atoms with Crippen LogP contribution in [0, 0.1) is 0 Å². The number of thiazole rings is 1. The highest BCUT2D eigenvalue weighted by Crippen LogP contribution is 2.18. The molecule has 1 aromatic heterocycles. The summed E-state index contributed by atoms with van der Waals surface area (Å²) >= 11 is 3.39. The largest absolute Gasteiger partial charge is 0.466 e. The number of ether oxygens (including phenoxy) is 1. The van der Waals surface area contributed by atoms with Crippen molar-refractivity contribution >= 4 is 34.2 Å². The standard InChI is InChI=1S/C12H20N2O2S2/c1-4-16-11(15)6-5-10-8-18-12(14-10)13-9(2)7-17-3/h8-9H,4-7H2,1-3H3,(H,13,14). The van der Waals surface area contributed by atoms with E-state index in [1.54, 1.807) is 11.3 Å². The van der Waals surface area contributed by atoms with Crippen LogP contribution in [0.1, 0.15) is 26.0 Å². The number of hydrogen-bond acceptors (Lipinski definition) is 6. The van der Waals surface area contributed by atoms with Crippen LogP contribution in [0.5, 0.6) is 0 Å². The Bertz CT molecular complexity index is 369. The Labute approximate surface area is 117 Å². The van der Waals surface area contributed by atoms with Crippen molar-refractivity contribution in [1.82, 2.24) is 4.98 Å². The van der Waals surface area contributed by atoms with Crippen molar-refractivity contribution in [3.63, 3.8) is 0 Å². The molecule has 0 aliphatic carbocycles. The van der Waals surface area contributed by atoms with Gasteiger partial charge in [-0.15, -0.1) is 11.3 Å². The fourth-order valence-corrected chi connectivity index (χ4v) is 2.89. The average molecular weight is 288 g/mol. The second kappa shape index (κ2) is 8.37. The van der Waals surface area contributed by atoms with Gasteiger partial charge in [-0.05, 0) is 20.1 Å². The number of nitrogens with zero attached hydrogens (tertiary/aromatic N) is 1. The molecule has 0 saturated heterocycles. The Kier molecular flexibility index (Phi) is 7.12. The SMILES string of the molecule is CCOC(=O)CCc1csc(NC(C)CSC)n1. The lowest BCUT2D eigenvalue weighted by Gasteiger charge is -2.10. The van der Waals surface area contributed by atoms with E-state index < -0.39 is 0 Å². The van der Waals surface area contributed by atoms with E-state index in [0.717, 1.165) is 16.6 Å². The minimum absolute atomic E-state index is 0.157. The third-order valence-corrected chi connectivity index (χ3v) is 3.88. The maximum absolute atomic E-state index is 11.2. The molecular weight excluding hydrogens is 268 g/mol. The molecule has 0 saturated carbocycles. The molecule has 4 nitrogen and oxygen atoms in total. The van der Waals surface area contributed by atoms with Crippen LogP contribution in [0.25, 0.3) is 0 Å². The van der Waals surface area contributed by atoms with Crippen LogP contribution in [0.4, 0.5) is 5.13 Å². The summed E-state index contributed by atoms with van der Waals surface area (Å²) in [6, 6.07) is 0.407. The summed E-state index contributed by atoms with van der Waals surface area (Å²) in [5, 5.41) is 6.27. The molecule has 0 bridgehead atoms. The smallest absolute Gasteiger partial charge is 0.306 e. The molecule has 0 spiro atoms. The molecular formula is C12H20N2O2S2. The lowest BCUT2D eigenvalue weighted by atomic mass is 10.2. The molecule has 1 unspecified atom stereocenters. The van der Waals surface area contributed by atoms with Crippen molar-refractivity contribution in [2.24, 2.45) is 0 Å². The number of hydrogen-bond donors (Lipinski definition) is 1. The minimum atomic E-state index is -0.157. The fraction of sp³-hybridized carbons (Fsp3) is 0.667. The fourth-order valence-electron chi connectivity index (χ4n) is 1.45. The molecule has 6 heteroatoms. The highest BCUT2D eigenvalue weighted by atomic mass is 32.2. The zero-order valence-electron chi connectivity index (χ0n) is 11.1. The van der Waals surface area contributed by atoms with Crippen molar-refractivity contribution in [3.8, 4) is 0 Å². The number of thioether (sulfide) groups is 1. The highest BCUT2D eigenvalue weighted by molar-refractivity contribution is 7.98. The van der Waals surface area contributed by atoms with Gasteiger partial charge in [-0.3, -0.25) is 4.79 Å². The molecule has 0 amide bonds. The van der Waals surface area contributed by atoms with E-state index >= 15 is 0 Å². The normalized spacial score (nSPS) is 12.2. The van der Waals surface area contributed by atoms with E-state index in [1.807, 2.05) is 24.1 Å². The van der Waals surface area contributed by atoms with Crippen LogP contribution < -0.4 is 5.32 Å². The molecule has 1 aromatic rings. The van der Waals surface area contributed by atoms with E-state index in [2.05, 4.69) is 23.5 Å². The van der Waals surface area contributed by atoms with Gasteiger partial charge in [-0.2, -0.15) is 11.8 Å². The lowest BCUT2D eigenvalue weighted by Crippen LogP contribution is -2.17. The van der Waals surface area contributed by atoms with Gasteiger partial charge in [0.25, 0.3) is 0 Å². The van der Waals surface area contributed by atoms with Gasteiger partial charge in [-0.1, -0.05) is 0 Å². The van der Waals surface area contributed by atoms with E-state index in [-0.39, 0.29) is 5.97 Å². The zero-order valence-corrected chi connectivity index (χ0v) is 12.7. The summed E-state index contributed by atoms with van der Waals surface area (Å²) in [5.74, 6) is 0.897. The van der Waals surface area contributed by atoms with E-state index in [9.17, 15) is 4.79 Å². The first-order valence-corrected chi connectivity index (χ1v) is 8.28. The first-order valence-electron chi connectivity index (χ1n) is 6.01. The monoisotopic (exact) mass is 288 g/mol. The molecule has 0 aliphatic rings. The number of aryl methyl sites for hydroxylation is 1. The van der Waals surface area contributed by atoms with Crippen LogP contribution >= 0.6 is 23.1 Å². The molecule has 1 N–H and O–H groups in total. The van der Waals surface area contributed by atoms with Gasteiger partial charge in [0.05, 0.1) is 18.7 Å². The quantitative estimate of drug-likeness (QED) is 0.745. The number of nitrogens with one attached hydrogen (secondary N) is 1. The Morgan fingerprint density at radius 3 is 3.11 bits per heavy atom. The highest BCUT2D eigenvalue weighted by Gasteiger charge is 2.08. The van der Waals surface area contributed by atoms with Gasteiger partial charge in [0.2, 0.25) is 0 Å². The third kappa shape index (κ3) is 5.73. The number of aromatic nitrogens is 1.